The minimum Gasteiger partial charge on any atom is -0.387 e. The highest BCUT2D eigenvalue weighted by Crippen LogP contribution is 2.28. The lowest BCUT2D eigenvalue weighted by molar-refractivity contribution is 0.0129. The Balaban J connectivity index is 1.63. The average Bonchev–Trinajstić information content (AvgIpc) is 3.02. The molecule has 2 N–H and O–H groups in total. The minimum atomic E-state index is 0.444. The van der Waals surface area contributed by atoms with E-state index in [0.29, 0.717) is 12.0 Å². The molecule has 1 atom stereocenters. The fourth-order valence-electron chi connectivity index (χ4n) is 1.88. The smallest absolute Gasteiger partial charge is 0.0968 e. The lowest BCUT2D eigenvalue weighted by Gasteiger charge is -2.21. The SMILES string of the molecule is NC(=NCCC1CCCCO1)C1CC1. The zero-order chi connectivity index (χ0) is 9.80. The maximum absolute atomic E-state index is 5.80. The number of hydrogen-bond donors (Lipinski definition) is 1. The van der Waals surface area contributed by atoms with Crippen LogP contribution in [-0.2, 0) is 4.74 Å². The first-order chi connectivity index (χ1) is 6.86. The van der Waals surface area contributed by atoms with Gasteiger partial charge in [0.25, 0.3) is 0 Å². The van der Waals surface area contributed by atoms with E-state index in [4.69, 9.17) is 10.5 Å². The molecule has 1 aliphatic carbocycles. The first-order valence-corrected chi connectivity index (χ1v) is 5.77. The van der Waals surface area contributed by atoms with Gasteiger partial charge in [0.2, 0.25) is 0 Å². The van der Waals surface area contributed by atoms with Crippen molar-refractivity contribution in [3.8, 4) is 0 Å². The van der Waals surface area contributed by atoms with Crippen molar-refractivity contribution in [2.24, 2.45) is 16.6 Å². The molecule has 14 heavy (non-hydrogen) atoms. The van der Waals surface area contributed by atoms with Crippen molar-refractivity contribution in [2.75, 3.05) is 13.2 Å². The van der Waals surface area contributed by atoms with Crippen LogP contribution in [0.4, 0.5) is 0 Å². The van der Waals surface area contributed by atoms with Gasteiger partial charge < -0.3 is 10.5 Å². The molecule has 1 saturated carbocycles. The van der Waals surface area contributed by atoms with Crippen LogP contribution >= 0.6 is 0 Å². The molecule has 0 amide bonds. The molecule has 0 aromatic heterocycles. The van der Waals surface area contributed by atoms with E-state index >= 15 is 0 Å². The lowest BCUT2D eigenvalue weighted by atomic mass is 10.1. The Morgan fingerprint density at radius 3 is 2.79 bits per heavy atom. The summed E-state index contributed by atoms with van der Waals surface area (Å²) in [5, 5.41) is 0. The lowest BCUT2D eigenvalue weighted by Crippen LogP contribution is -2.21. The van der Waals surface area contributed by atoms with Crippen molar-refractivity contribution in [3.05, 3.63) is 0 Å². The van der Waals surface area contributed by atoms with E-state index in [-0.39, 0.29) is 0 Å². The molecule has 1 aliphatic heterocycles. The van der Waals surface area contributed by atoms with Gasteiger partial charge in [0.05, 0.1) is 11.9 Å². The van der Waals surface area contributed by atoms with Gasteiger partial charge >= 0.3 is 0 Å². The average molecular weight is 196 g/mol. The molecule has 1 saturated heterocycles. The molecule has 1 heterocycles. The first-order valence-electron chi connectivity index (χ1n) is 5.77. The molecule has 3 nitrogen and oxygen atoms in total. The minimum absolute atomic E-state index is 0.444. The molecule has 2 aliphatic rings. The van der Waals surface area contributed by atoms with Gasteiger partial charge in [-0.1, -0.05) is 0 Å². The fourth-order valence-corrected chi connectivity index (χ4v) is 1.88. The summed E-state index contributed by atoms with van der Waals surface area (Å²) in [4.78, 5) is 4.39. The molecular formula is C11H20N2O. The van der Waals surface area contributed by atoms with Gasteiger partial charge in [-0.05, 0) is 38.5 Å². The van der Waals surface area contributed by atoms with Crippen molar-refractivity contribution in [1.29, 1.82) is 0 Å². The van der Waals surface area contributed by atoms with E-state index in [1.165, 1.54) is 32.1 Å². The molecule has 0 spiro atoms. The first kappa shape index (κ1) is 9.97. The molecular weight excluding hydrogens is 176 g/mol. The second-order valence-electron chi connectivity index (χ2n) is 4.36. The summed E-state index contributed by atoms with van der Waals surface area (Å²) >= 11 is 0. The van der Waals surface area contributed by atoms with Gasteiger partial charge in [-0.3, -0.25) is 4.99 Å². The maximum atomic E-state index is 5.80. The summed E-state index contributed by atoms with van der Waals surface area (Å²) in [5.74, 6) is 1.49. The summed E-state index contributed by atoms with van der Waals surface area (Å²) in [5.41, 5.74) is 5.80. The summed E-state index contributed by atoms with van der Waals surface area (Å²) in [6.45, 7) is 1.79. The van der Waals surface area contributed by atoms with Crippen LogP contribution in [0.15, 0.2) is 4.99 Å². The molecule has 1 unspecified atom stereocenters. The van der Waals surface area contributed by atoms with Crippen molar-refractivity contribution < 1.29 is 4.74 Å². The predicted octanol–water partition coefficient (Wildman–Crippen LogP) is 1.71. The molecule has 2 rings (SSSR count). The van der Waals surface area contributed by atoms with E-state index in [9.17, 15) is 0 Å². The van der Waals surface area contributed by atoms with E-state index in [2.05, 4.69) is 4.99 Å². The van der Waals surface area contributed by atoms with Crippen molar-refractivity contribution >= 4 is 5.84 Å². The Labute approximate surface area is 85.7 Å². The Morgan fingerprint density at radius 1 is 1.29 bits per heavy atom. The van der Waals surface area contributed by atoms with Crippen LogP contribution in [0.25, 0.3) is 0 Å². The van der Waals surface area contributed by atoms with Gasteiger partial charge in [-0.15, -0.1) is 0 Å². The molecule has 0 aromatic carbocycles. The Bertz CT molecular complexity index is 205. The second kappa shape index (κ2) is 4.78. The van der Waals surface area contributed by atoms with Crippen LogP contribution in [-0.4, -0.2) is 25.1 Å². The second-order valence-corrected chi connectivity index (χ2v) is 4.36. The molecule has 0 radical (unpaired) electrons. The zero-order valence-corrected chi connectivity index (χ0v) is 8.74. The van der Waals surface area contributed by atoms with Gasteiger partial charge in [-0.25, -0.2) is 0 Å². The van der Waals surface area contributed by atoms with E-state index in [0.717, 1.165) is 25.4 Å². The number of amidine groups is 1. The zero-order valence-electron chi connectivity index (χ0n) is 8.74. The van der Waals surface area contributed by atoms with E-state index < -0.39 is 0 Å². The van der Waals surface area contributed by atoms with Crippen LogP contribution in [0.3, 0.4) is 0 Å². The summed E-state index contributed by atoms with van der Waals surface area (Å²) in [6.07, 6.45) is 7.73. The number of rotatable bonds is 4. The molecule has 0 aromatic rings. The van der Waals surface area contributed by atoms with Crippen molar-refractivity contribution in [1.82, 2.24) is 0 Å². The highest BCUT2D eigenvalue weighted by atomic mass is 16.5. The normalized spacial score (nSPS) is 29.1. The van der Waals surface area contributed by atoms with Crippen LogP contribution in [0, 0.1) is 5.92 Å². The van der Waals surface area contributed by atoms with Gasteiger partial charge in [0.15, 0.2) is 0 Å². The van der Waals surface area contributed by atoms with Crippen LogP contribution < -0.4 is 5.73 Å². The van der Waals surface area contributed by atoms with Crippen LogP contribution in [0.1, 0.15) is 38.5 Å². The number of ether oxygens (including phenoxy) is 1. The quantitative estimate of drug-likeness (QED) is 0.549. The fraction of sp³-hybridized carbons (Fsp3) is 0.909. The number of aliphatic imine (C=N–C) groups is 1. The number of hydrogen-bond acceptors (Lipinski definition) is 2. The predicted molar refractivity (Wildman–Crippen MR) is 57.4 cm³/mol. The summed E-state index contributed by atoms with van der Waals surface area (Å²) in [7, 11) is 0. The van der Waals surface area contributed by atoms with Crippen molar-refractivity contribution in [3.63, 3.8) is 0 Å². The van der Waals surface area contributed by atoms with E-state index in [1.807, 2.05) is 0 Å². The Morgan fingerprint density at radius 2 is 2.14 bits per heavy atom. The maximum Gasteiger partial charge on any atom is 0.0968 e. The summed E-state index contributed by atoms with van der Waals surface area (Å²) in [6, 6.07) is 0. The van der Waals surface area contributed by atoms with Gasteiger partial charge in [0, 0.05) is 19.1 Å². The highest BCUT2D eigenvalue weighted by molar-refractivity contribution is 5.84. The van der Waals surface area contributed by atoms with Crippen LogP contribution in [0.2, 0.25) is 0 Å². The van der Waals surface area contributed by atoms with E-state index in [1.54, 1.807) is 0 Å². The summed E-state index contributed by atoms with van der Waals surface area (Å²) < 4.78 is 5.63. The third-order valence-corrected chi connectivity index (χ3v) is 3.02. The Hall–Kier alpha value is -0.570. The van der Waals surface area contributed by atoms with Gasteiger partial charge in [-0.2, -0.15) is 0 Å². The molecule has 0 bridgehead atoms. The monoisotopic (exact) mass is 196 g/mol. The Kier molecular flexibility index (Phi) is 3.40. The molecule has 3 heteroatoms. The van der Waals surface area contributed by atoms with Crippen molar-refractivity contribution in [2.45, 2.75) is 44.6 Å². The largest absolute Gasteiger partial charge is 0.387 e. The third-order valence-electron chi connectivity index (χ3n) is 3.02. The number of nitrogens with two attached hydrogens (primary N) is 1. The molecule has 80 valence electrons. The third kappa shape index (κ3) is 2.98. The number of nitrogens with zero attached hydrogens (tertiary/aromatic N) is 1. The van der Waals surface area contributed by atoms with Gasteiger partial charge in [0.1, 0.15) is 0 Å². The molecule has 2 fully saturated rings. The highest BCUT2D eigenvalue weighted by Gasteiger charge is 2.25. The standard InChI is InChI=1S/C11H20N2O/c12-11(9-4-5-9)13-7-6-10-3-1-2-8-14-10/h9-10H,1-8H2,(H2,12,13). The topological polar surface area (TPSA) is 47.6 Å². The van der Waals surface area contributed by atoms with Crippen LogP contribution in [0.5, 0.6) is 0 Å².